The molecule has 0 aliphatic carbocycles. The average Bonchev–Trinajstić information content (AvgIpc) is 2.76. The van der Waals surface area contributed by atoms with E-state index in [4.69, 9.17) is 9.47 Å². The fourth-order valence-corrected chi connectivity index (χ4v) is 1.83. The third-order valence-electron chi connectivity index (χ3n) is 2.72. The lowest BCUT2D eigenvalue weighted by Gasteiger charge is -2.18. The number of benzene rings is 1. The normalized spacial score (nSPS) is 23.6. The van der Waals surface area contributed by atoms with Crippen LogP contribution in [0, 0.1) is 10.1 Å². The van der Waals surface area contributed by atoms with Gasteiger partial charge in [-0.15, -0.1) is 0 Å². The van der Waals surface area contributed by atoms with Crippen LogP contribution in [0.25, 0.3) is 0 Å². The molecule has 0 saturated carbocycles. The lowest BCUT2D eigenvalue weighted by atomic mass is 10.2. The van der Waals surface area contributed by atoms with Crippen LogP contribution in [0.5, 0.6) is 5.75 Å². The highest BCUT2D eigenvalue weighted by Gasteiger charge is 2.28. The Morgan fingerprint density at radius 3 is 2.88 bits per heavy atom. The highest BCUT2D eigenvalue weighted by Crippen LogP contribution is 2.21. The molecule has 0 bridgehead atoms. The zero-order valence-electron chi connectivity index (χ0n) is 9.46. The number of nitrogens with one attached hydrogen (secondary N) is 1. The molecule has 1 fully saturated rings. The van der Waals surface area contributed by atoms with Crippen LogP contribution in [0.1, 0.15) is 0 Å². The van der Waals surface area contributed by atoms with Crippen molar-refractivity contribution < 1.29 is 14.4 Å². The van der Waals surface area contributed by atoms with Gasteiger partial charge in [0.25, 0.3) is 5.69 Å². The number of nitro groups is 1. The molecule has 2 atom stereocenters. The second-order valence-electron chi connectivity index (χ2n) is 3.84. The first-order valence-electron chi connectivity index (χ1n) is 5.35. The predicted molar refractivity (Wildman–Crippen MR) is 61.2 cm³/mol. The molecule has 6 heteroatoms. The van der Waals surface area contributed by atoms with Gasteiger partial charge in [0.05, 0.1) is 11.0 Å². The number of rotatable bonds is 4. The largest absolute Gasteiger partial charge is 0.486 e. The van der Waals surface area contributed by atoms with Crippen LogP contribution in [0.2, 0.25) is 0 Å². The molecule has 1 aliphatic rings. The van der Waals surface area contributed by atoms with Gasteiger partial charge in [0.1, 0.15) is 18.0 Å². The van der Waals surface area contributed by atoms with Crippen molar-refractivity contribution in [2.24, 2.45) is 0 Å². The van der Waals surface area contributed by atoms with Gasteiger partial charge in [0.2, 0.25) is 0 Å². The second-order valence-corrected chi connectivity index (χ2v) is 3.84. The lowest BCUT2D eigenvalue weighted by Crippen LogP contribution is -2.31. The fraction of sp³-hybridized carbons (Fsp3) is 0.455. The van der Waals surface area contributed by atoms with E-state index in [1.54, 1.807) is 19.2 Å². The Morgan fingerprint density at radius 1 is 1.41 bits per heavy atom. The Hall–Kier alpha value is -1.66. The van der Waals surface area contributed by atoms with Crippen LogP contribution in [-0.2, 0) is 4.74 Å². The average molecular weight is 238 g/mol. The van der Waals surface area contributed by atoms with Crippen molar-refractivity contribution >= 4 is 5.69 Å². The second kappa shape index (κ2) is 5.11. The molecule has 6 nitrogen and oxygen atoms in total. The summed E-state index contributed by atoms with van der Waals surface area (Å²) in [6, 6.07) is 6.17. The lowest BCUT2D eigenvalue weighted by molar-refractivity contribution is -0.385. The van der Waals surface area contributed by atoms with Gasteiger partial charge in [-0.1, -0.05) is 6.07 Å². The van der Waals surface area contributed by atoms with Crippen molar-refractivity contribution in [2.75, 3.05) is 20.2 Å². The number of methoxy groups -OCH3 is 1. The minimum atomic E-state index is -0.437. The van der Waals surface area contributed by atoms with E-state index in [1.807, 2.05) is 0 Å². The van der Waals surface area contributed by atoms with E-state index in [0.717, 1.165) is 6.54 Å². The van der Waals surface area contributed by atoms with Gasteiger partial charge in [0, 0.05) is 26.3 Å². The van der Waals surface area contributed by atoms with Crippen LogP contribution >= 0.6 is 0 Å². The maximum absolute atomic E-state index is 10.6. The minimum absolute atomic E-state index is 0.0192. The molecule has 1 saturated heterocycles. The number of non-ortho nitro benzene ring substituents is 1. The molecule has 0 radical (unpaired) electrons. The molecule has 0 spiro atoms. The van der Waals surface area contributed by atoms with Crippen LogP contribution < -0.4 is 10.1 Å². The van der Waals surface area contributed by atoms with E-state index in [2.05, 4.69) is 5.32 Å². The Balaban J connectivity index is 2.07. The van der Waals surface area contributed by atoms with Crippen molar-refractivity contribution in [3.8, 4) is 5.75 Å². The Kier molecular flexibility index (Phi) is 3.55. The number of ether oxygens (including phenoxy) is 2. The summed E-state index contributed by atoms with van der Waals surface area (Å²) in [5.41, 5.74) is 0.0300. The van der Waals surface area contributed by atoms with E-state index < -0.39 is 4.92 Å². The molecule has 1 aliphatic heterocycles. The Labute approximate surface area is 98.7 Å². The zero-order chi connectivity index (χ0) is 12.3. The molecule has 1 aromatic carbocycles. The first kappa shape index (κ1) is 11.8. The molecular weight excluding hydrogens is 224 g/mol. The molecule has 92 valence electrons. The van der Waals surface area contributed by atoms with Crippen LogP contribution in [0.3, 0.4) is 0 Å². The number of hydrogen-bond acceptors (Lipinski definition) is 5. The van der Waals surface area contributed by atoms with E-state index in [9.17, 15) is 10.1 Å². The highest BCUT2D eigenvalue weighted by molar-refractivity contribution is 5.38. The molecule has 1 heterocycles. The molecule has 0 unspecified atom stereocenters. The Bertz CT molecular complexity index is 410. The summed E-state index contributed by atoms with van der Waals surface area (Å²) in [6.45, 7) is 1.41. The molecule has 0 aromatic heterocycles. The Morgan fingerprint density at radius 2 is 2.18 bits per heavy atom. The van der Waals surface area contributed by atoms with Gasteiger partial charge in [0.15, 0.2) is 0 Å². The summed E-state index contributed by atoms with van der Waals surface area (Å²) < 4.78 is 10.9. The maximum Gasteiger partial charge on any atom is 0.273 e. The summed E-state index contributed by atoms with van der Waals surface area (Å²) in [5.74, 6) is 0.495. The van der Waals surface area contributed by atoms with Crippen molar-refractivity contribution in [2.45, 2.75) is 12.2 Å². The molecular formula is C11H14N2O4. The van der Waals surface area contributed by atoms with Crippen LogP contribution in [0.15, 0.2) is 24.3 Å². The van der Waals surface area contributed by atoms with Gasteiger partial charge in [-0.2, -0.15) is 0 Å². The predicted octanol–water partition coefficient (Wildman–Crippen LogP) is 0.960. The summed E-state index contributed by atoms with van der Waals surface area (Å²) in [6.07, 6.45) is -0.128. The van der Waals surface area contributed by atoms with Crippen LogP contribution in [-0.4, -0.2) is 37.3 Å². The molecule has 1 aromatic rings. The smallest absolute Gasteiger partial charge is 0.273 e. The van der Waals surface area contributed by atoms with Crippen LogP contribution in [0.4, 0.5) is 5.69 Å². The third-order valence-corrected chi connectivity index (χ3v) is 2.72. The minimum Gasteiger partial charge on any atom is -0.486 e. The number of nitro benzene ring substituents is 1. The fourth-order valence-electron chi connectivity index (χ4n) is 1.83. The van der Waals surface area contributed by atoms with Gasteiger partial charge >= 0.3 is 0 Å². The quantitative estimate of drug-likeness (QED) is 0.624. The van der Waals surface area contributed by atoms with Gasteiger partial charge in [-0.05, 0) is 6.07 Å². The highest BCUT2D eigenvalue weighted by atomic mass is 16.6. The topological polar surface area (TPSA) is 73.6 Å². The molecule has 1 N–H and O–H groups in total. The van der Waals surface area contributed by atoms with Gasteiger partial charge < -0.3 is 14.8 Å². The van der Waals surface area contributed by atoms with Gasteiger partial charge in [-0.3, -0.25) is 10.1 Å². The number of nitrogens with zero attached hydrogens (tertiary/aromatic N) is 1. The third kappa shape index (κ3) is 2.72. The summed E-state index contributed by atoms with van der Waals surface area (Å²) in [5, 5.41) is 13.8. The van der Waals surface area contributed by atoms with Crippen molar-refractivity contribution in [3.05, 3.63) is 34.4 Å². The SMILES string of the molecule is CO[C@H]1CNC[C@@H]1Oc1cccc([N+](=O)[O-])c1. The monoisotopic (exact) mass is 238 g/mol. The van der Waals surface area contributed by atoms with Gasteiger partial charge in [-0.25, -0.2) is 0 Å². The summed E-state index contributed by atoms with van der Waals surface area (Å²) in [4.78, 5) is 10.2. The van der Waals surface area contributed by atoms with E-state index in [0.29, 0.717) is 12.3 Å². The van der Waals surface area contributed by atoms with Crippen molar-refractivity contribution in [1.29, 1.82) is 0 Å². The van der Waals surface area contributed by atoms with E-state index in [-0.39, 0.29) is 17.9 Å². The molecule has 0 amide bonds. The van der Waals surface area contributed by atoms with Crippen molar-refractivity contribution in [1.82, 2.24) is 5.32 Å². The summed E-state index contributed by atoms with van der Waals surface area (Å²) >= 11 is 0. The first-order valence-corrected chi connectivity index (χ1v) is 5.35. The standard InChI is InChI=1S/C11H14N2O4/c1-16-10-6-12-7-11(10)17-9-4-2-3-8(5-9)13(14)15/h2-5,10-12H,6-7H2,1H3/t10-,11-/m0/s1. The van der Waals surface area contributed by atoms with Crippen molar-refractivity contribution in [3.63, 3.8) is 0 Å². The van der Waals surface area contributed by atoms with E-state index in [1.165, 1.54) is 12.1 Å². The zero-order valence-corrected chi connectivity index (χ0v) is 9.46. The first-order chi connectivity index (χ1) is 8.20. The molecule has 2 rings (SSSR count). The van der Waals surface area contributed by atoms with E-state index >= 15 is 0 Å². The number of hydrogen-bond donors (Lipinski definition) is 1. The maximum atomic E-state index is 10.6. The molecule has 17 heavy (non-hydrogen) atoms. The summed E-state index contributed by atoms with van der Waals surface area (Å²) in [7, 11) is 1.63.